The van der Waals surface area contributed by atoms with Gasteiger partial charge in [-0.2, -0.15) is 0 Å². The van der Waals surface area contributed by atoms with Crippen molar-refractivity contribution in [1.82, 2.24) is 10.3 Å². The zero-order valence-electron chi connectivity index (χ0n) is 14.8. The van der Waals surface area contributed by atoms with Crippen molar-refractivity contribution >= 4 is 10.0 Å². The standard InChI is InChI=1S/C19H26N2O3S/c1-13-4-6-15(7-5-13)25(22,23)21-20-19-11-8-14(2)16-9-10-18(3,24-19)17(16)12-19/h4-7,16-17,20-21H,2,8-12H2,1,3H3/t16-,17+,18-,19+/m1/s1. The van der Waals surface area contributed by atoms with Crippen LogP contribution in [0.15, 0.2) is 41.3 Å². The average molecular weight is 362 g/mol. The fourth-order valence-electron chi connectivity index (χ4n) is 4.85. The third-order valence-electron chi connectivity index (χ3n) is 6.32. The maximum Gasteiger partial charge on any atom is 0.253 e. The number of benzene rings is 1. The monoisotopic (exact) mass is 362 g/mol. The fourth-order valence-corrected chi connectivity index (χ4v) is 5.78. The van der Waals surface area contributed by atoms with Crippen LogP contribution >= 0.6 is 0 Å². The summed E-state index contributed by atoms with van der Waals surface area (Å²) in [6, 6.07) is 6.83. The molecule has 0 aromatic heterocycles. The zero-order valence-corrected chi connectivity index (χ0v) is 15.7. The van der Waals surface area contributed by atoms with Crippen LogP contribution in [0, 0.1) is 18.8 Å². The van der Waals surface area contributed by atoms with Crippen molar-refractivity contribution in [2.45, 2.75) is 62.2 Å². The minimum atomic E-state index is -3.63. The number of allylic oxidation sites excluding steroid dienone is 1. The zero-order chi connectivity index (χ0) is 17.9. The number of ether oxygens (including phenoxy) is 1. The minimum absolute atomic E-state index is 0.184. The molecule has 4 atom stereocenters. The lowest BCUT2D eigenvalue weighted by Gasteiger charge is -2.34. The van der Waals surface area contributed by atoms with Crippen LogP contribution < -0.4 is 10.3 Å². The van der Waals surface area contributed by atoms with Crippen molar-refractivity contribution in [3.63, 3.8) is 0 Å². The van der Waals surface area contributed by atoms with Gasteiger partial charge >= 0.3 is 0 Å². The molecule has 0 amide bonds. The molecule has 1 saturated heterocycles. The molecule has 2 saturated carbocycles. The molecule has 25 heavy (non-hydrogen) atoms. The molecule has 6 heteroatoms. The highest BCUT2D eigenvalue weighted by Crippen LogP contribution is 2.59. The third-order valence-corrected chi connectivity index (χ3v) is 7.58. The van der Waals surface area contributed by atoms with Gasteiger partial charge in [0.15, 0.2) is 0 Å². The summed E-state index contributed by atoms with van der Waals surface area (Å²) in [6.07, 6.45) is 4.58. The Morgan fingerprint density at radius 1 is 1.24 bits per heavy atom. The molecule has 3 fully saturated rings. The number of fused-ring (bicyclic) bond motifs is 1. The SMILES string of the molecule is C=C1CC[C@@]2(NNS(=O)(=O)c3ccc(C)cc3)C[C@H]3[C@@H]1CC[C@@]3(C)O2. The van der Waals surface area contributed by atoms with E-state index in [1.807, 2.05) is 6.92 Å². The first-order valence-electron chi connectivity index (χ1n) is 8.97. The molecular weight excluding hydrogens is 336 g/mol. The first-order valence-corrected chi connectivity index (χ1v) is 10.4. The lowest BCUT2D eigenvalue weighted by molar-refractivity contribution is -0.124. The van der Waals surface area contributed by atoms with Crippen LogP contribution in [0.4, 0.5) is 0 Å². The van der Waals surface area contributed by atoms with Gasteiger partial charge in [-0.25, -0.2) is 13.8 Å². The molecule has 3 aliphatic rings. The van der Waals surface area contributed by atoms with Crippen molar-refractivity contribution in [3.05, 3.63) is 42.0 Å². The van der Waals surface area contributed by atoms with Crippen LogP contribution in [0.2, 0.25) is 0 Å². The predicted molar refractivity (Wildman–Crippen MR) is 96.1 cm³/mol. The van der Waals surface area contributed by atoms with Gasteiger partial charge in [0.25, 0.3) is 10.0 Å². The lowest BCUT2D eigenvalue weighted by atomic mass is 9.83. The van der Waals surface area contributed by atoms with E-state index in [9.17, 15) is 8.42 Å². The van der Waals surface area contributed by atoms with Gasteiger partial charge in [0.2, 0.25) is 0 Å². The summed E-state index contributed by atoms with van der Waals surface area (Å²) in [7, 11) is -3.63. The summed E-state index contributed by atoms with van der Waals surface area (Å²) in [4.78, 5) is 2.82. The molecule has 2 N–H and O–H groups in total. The molecule has 136 valence electrons. The van der Waals surface area contributed by atoms with Crippen molar-refractivity contribution in [1.29, 1.82) is 0 Å². The highest BCUT2D eigenvalue weighted by molar-refractivity contribution is 7.89. The van der Waals surface area contributed by atoms with E-state index in [1.165, 1.54) is 5.57 Å². The number of aryl methyl sites for hydroxylation is 1. The van der Waals surface area contributed by atoms with Crippen molar-refractivity contribution in [2.75, 3.05) is 0 Å². The van der Waals surface area contributed by atoms with Gasteiger partial charge in [-0.3, -0.25) is 0 Å². The Kier molecular flexibility index (Phi) is 3.89. The molecule has 0 radical (unpaired) electrons. The van der Waals surface area contributed by atoms with Gasteiger partial charge in [-0.15, -0.1) is 4.83 Å². The Morgan fingerprint density at radius 2 is 1.96 bits per heavy atom. The molecule has 1 aliphatic heterocycles. The normalized spacial score (nSPS) is 37.3. The second-order valence-corrected chi connectivity index (χ2v) is 9.75. The summed E-state index contributed by atoms with van der Waals surface area (Å²) in [5.74, 6) is 0.920. The highest BCUT2D eigenvalue weighted by Gasteiger charge is 2.60. The lowest BCUT2D eigenvalue weighted by Crippen LogP contribution is -2.55. The number of hydrazine groups is 1. The fraction of sp³-hybridized carbons (Fsp3) is 0.579. The summed E-state index contributed by atoms with van der Waals surface area (Å²) in [5, 5.41) is 0. The van der Waals surface area contributed by atoms with E-state index in [2.05, 4.69) is 23.8 Å². The molecular formula is C19H26N2O3S. The Morgan fingerprint density at radius 3 is 2.68 bits per heavy atom. The topological polar surface area (TPSA) is 67.4 Å². The number of nitrogens with one attached hydrogen (secondary N) is 2. The molecule has 5 nitrogen and oxygen atoms in total. The van der Waals surface area contributed by atoms with Crippen molar-refractivity contribution in [2.24, 2.45) is 11.8 Å². The molecule has 1 aromatic carbocycles. The summed E-state index contributed by atoms with van der Waals surface area (Å²) in [6.45, 7) is 8.37. The van der Waals surface area contributed by atoms with E-state index < -0.39 is 15.7 Å². The van der Waals surface area contributed by atoms with Crippen LogP contribution in [0.3, 0.4) is 0 Å². The number of rotatable bonds is 4. The Hall–Kier alpha value is -1.21. The van der Waals surface area contributed by atoms with Crippen LogP contribution in [0.1, 0.15) is 44.6 Å². The Bertz CT molecular complexity index is 804. The highest BCUT2D eigenvalue weighted by atomic mass is 32.2. The molecule has 4 rings (SSSR count). The maximum absolute atomic E-state index is 12.6. The smallest absolute Gasteiger partial charge is 0.253 e. The largest absolute Gasteiger partial charge is 0.353 e. The predicted octanol–water partition coefficient (Wildman–Crippen LogP) is 3.03. The van der Waals surface area contributed by atoms with Crippen molar-refractivity contribution in [3.8, 4) is 0 Å². The van der Waals surface area contributed by atoms with Crippen LogP contribution in [0.5, 0.6) is 0 Å². The summed E-state index contributed by atoms with van der Waals surface area (Å²) >= 11 is 0. The average Bonchev–Trinajstić information content (AvgIpc) is 2.98. The first kappa shape index (κ1) is 17.2. The minimum Gasteiger partial charge on any atom is -0.353 e. The maximum atomic E-state index is 12.6. The van der Waals surface area contributed by atoms with Gasteiger partial charge in [-0.05, 0) is 69.9 Å². The van der Waals surface area contributed by atoms with E-state index in [0.29, 0.717) is 11.8 Å². The van der Waals surface area contributed by atoms with Gasteiger partial charge in [-0.1, -0.05) is 29.8 Å². The molecule has 0 spiro atoms. The number of hydrogen-bond donors (Lipinski definition) is 2. The van der Waals surface area contributed by atoms with Gasteiger partial charge in [0.05, 0.1) is 10.5 Å². The Balaban J connectivity index is 1.54. The summed E-state index contributed by atoms with van der Waals surface area (Å²) < 4.78 is 31.7. The van der Waals surface area contributed by atoms with Crippen molar-refractivity contribution < 1.29 is 13.2 Å². The van der Waals surface area contributed by atoms with Crippen LogP contribution in [-0.2, 0) is 14.8 Å². The second kappa shape index (κ2) is 5.64. The number of sulfonamides is 1. The molecule has 1 heterocycles. The number of hydrogen-bond acceptors (Lipinski definition) is 4. The van der Waals surface area contributed by atoms with Gasteiger partial charge < -0.3 is 4.74 Å². The van der Waals surface area contributed by atoms with Crippen LogP contribution in [-0.4, -0.2) is 19.7 Å². The second-order valence-electron chi connectivity index (χ2n) is 8.07. The van der Waals surface area contributed by atoms with E-state index in [1.54, 1.807) is 24.3 Å². The Labute approximate surface area is 149 Å². The van der Waals surface area contributed by atoms with E-state index >= 15 is 0 Å². The van der Waals surface area contributed by atoms with Gasteiger partial charge in [0.1, 0.15) is 5.72 Å². The molecule has 0 unspecified atom stereocenters. The third kappa shape index (κ3) is 2.85. The van der Waals surface area contributed by atoms with E-state index in [4.69, 9.17) is 4.74 Å². The summed E-state index contributed by atoms with van der Waals surface area (Å²) in [5.41, 5.74) is 4.54. The van der Waals surface area contributed by atoms with Crippen LogP contribution in [0.25, 0.3) is 0 Å². The molecule has 2 aliphatic carbocycles. The quantitative estimate of drug-likeness (QED) is 0.638. The first-order chi connectivity index (χ1) is 11.7. The van der Waals surface area contributed by atoms with Gasteiger partial charge in [0, 0.05) is 0 Å². The molecule has 1 aromatic rings. The van der Waals surface area contributed by atoms with E-state index in [-0.39, 0.29) is 10.5 Å². The van der Waals surface area contributed by atoms with E-state index in [0.717, 1.165) is 37.7 Å². The molecule has 2 bridgehead atoms.